The zero-order valence-electron chi connectivity index (χ0n) is 16.4. The number of thiazole rings is 1. The lowest BCUT2D eigenvalue weighted by Gasteiger charge is -2.30. The van der Waals surface area contributed by atoms with Gasteiger partial charge < -0.3 is 10.6 Å². The normalized spacial score (nSPS) is 17.7. The van der Waals surface area contributed by atoms with E-state index in [-0.39, 0.29) is 17.4 Å². The minimum atomic E-state index is -0.314. The zero-order valence-corrected chi connectivity index (χ0v) is 17.2. The fourth-order valence-electron chi connectivity index (χ4n) is 3.14. The van der Waals surface area contributed by atoms with Crippen LogP contribution in [-0.4, -0.2) is 50.9 Å². The first-order chi connectivity index (χ1) is 13.3. The summed E-state index contributed by atoms with van der Waals surface area (Å²) in [6.07, 6.45) is 3.83. The van der Waals surface area contributed by atoms with Gasteiger partial charge in [-0.1, -0.05) is 0 Å². The predicted octanol–water partition coefficient (Wildman–Crippen LogP) is 2.91. The van der Waals surface area contributed by atoms with E-state index in [0.29, 0.717) is 23.3 Å². The van der Waals surface area contributed by atoms with Gasteiger partial charge in [-0.2, -0.15) is 5.26 Å². The molecule has 3 heterocycles. The van der Waals surface area contributed by atoms with Crippen molar-refractivity contribution in [3.05, 3.63) is 29.0 Å². The standard InChI is InChI=1S/C19H25N7OS/c1-19(2,3)25-16(27)15-12-28-18(23-15)24-17-21-8-6-14(22-17)13-5-4-9-26(11-13)10-7-20/h6,8,12-13H,4-5,9-11H2,1-3H3,(H,25,27)(H,21,22,23,24)/t13-/m1/s1. The van der Waals surface area contributed by atoms with Crippen LogP contribution in [-0.2, 0) is 0 Å². The molecule has 0 spiro atoms. The van der Waals surface area contributed by atoms with E-state index in [2.05, 4.69) is 36.6 Å². The van der Waals surface area contributed by atoms with Gasteiger partial charge in [-0.15, -0.1) is 11.3 Å². The first-order valence-corrected chi connectivity index (χ1v) is 10.2. The molecule has 0 aliphatic carbocycles. The number of carbonyl (C=O) groups excluding carboxylic acids is 1. The Labute approximate surface area is 169 Å². The average molecular weight is 400 g/mol. The van der Waals surface area contributed by atoms with Crippen LogP contribution in [0.1, 0.15) is 55.7 Å². The third-order valence-electron chi connectivity index (χ3n) is 4.34. The van der Waals surface area contributed by atoms with Crippen molar-refractivity contribution in [3.8, 4) is 6.07 Å². The lowest BCUT2D eigenvalue weighted by Crippen LogP contribution is -2.40. The van der Waals surface area contributed by atoms with Crippen LogP contribution in [0.25, 0.3) is 0 Å². The Balaban J connectivity index is 1.67. The van der Waals surface area contributed by atoms with Gasteiger partial charge in [0.25, 0.3) is 5.91 Å². The van der Waals surface area contributed by atoms with E-state index in [1.165, 1.54) is 11.3 Å². The van der Waals surface area contributed by atoms with Crippen molar-refractivity contribution in [1.82, 2.24) is 25.2 Å². The van der Waals surface area contributed by atoms with Gasteiger partial charge in [0.2, 0.25) is 5.95 Å². The molecule has 0 bridgehead atoms. The van der Waals surface area contributed by atoms with Crippen molar-refractivity contribution in [2.24, 2.45) is 0 Å². The van der Waals surface area contributed by atoms with E-state index < -0.39 is 0 Å². The maximum atomic E-state index is 12.2. The predicted molar refractivity (Wildman–Crippen MR) is 109 cm³/mol. The smallest absolute Gasteiger partial charge is 0.271 e. The molecule has 148 valence electrons. The van der Waals surface area contributed by atoms with E-state index in [1.54, 1.807) is 11.6 Å². The Hall–Kier alpha value is -2.57. The number of aromatic nitrogens is 3. The molecule has 1 fully saturated rings. The minimum absolute atomic E-state index is 0.203. The summed E-state index contributed by atoms with van der Waals surface area (Å²) in [5.41, 5.74) is 1.02. The Morgan fingerprint density at radius 3 is 3.00 bits per heavy atom. The highest BCUT2D eigenvalue weighted by molar-refractivity contribution is 7.14. The fourth-order valence-corrected chi connectivity index (χ4v) is 3.82. The molecule has 1 aliphatic heterocycles. The molecule has 2 aromatic rings. The van der Waals surface area contributed by atoms with Gasteiger partial charge in [-0.25, -0.2) is 15.0 Å². The molecule has 9 heteroatoms. The van der Waals surface area contributed by atoms with E-state index in [9.17, 15) is 4.79 Å². The van der Waals surface area contributed by atoms with Crippen molar-refractivity contribution >= 4 is 28.3 Å². The van der Waals surface area contributed by atoms with Crippen molar-refractivity contribution < 1.29 is 4.79 Å². The number of rotatable bonds is 5. The maximum absolute atomic E-state index is 12.2. The Bertz CT molecular complexity index is 868. The van der Waals surface area contributed by atoms with Crippen LogP contribution in [0.15, 0.2) is 17.6 Å². The van der Waals surface area contributed by atoms with Gasteiger partial charge in [0.1, 0.15) is 5.69 Å². The summed E-state index contributed by atoms with van der Waals surface area (Å²) >= 11 is 1.34. The highest BCUT2D eigenvalue weighted by Gasteiger charge is 2.23. The summed E-state index contributed by atoms with van der Waals surface area (Å²) in [6.45, 7) is 8.03. The van der Waals surface area contributed by atoms with Gasteiger partial charge in [0, 0.05) is 29.6 Å². The van der Waals surface area contributed by atoms with Crippen molar-refractivity contribution in [2.45, 2.75) is 45.1 Å². The van der Waals surface area contributed by atoms with Crippen LogP contribution >= 0.6 is 11.3 Å². The molecule has 0 aromatic carbocycles. The molecular weight excluding hydrogens is 374 g/mol. The van der Waals surface area contributed by atoms with Gasteiger partial charge in [-0.3, -0.25) is 9.69 Å². The van der Waals surface area contributed by atoms with E-state index in [0.717, 1.165) is 31.6 Å². The van der Waals surface area contributed by atoms with Crippen LogP contribution in [0.5, 0.6) is 0 Å². The molecule has 0 saturated carbocycles. The van der Waals surface area contributed by atoms with Crippen LogP contribution in [0.3, 0.4) is 0 Å². The number of anilines is 2. The van der Waals surface area contributed by atoms with Crippen molar-refractivity contribution in [1.29, 1.82) is 5.26 Å². The number of piperidine rings is 1. The molecule has 28 heavy (non-hydrogen) atoms. The second-order valence-corrected chi connectivity index (χ2v) is 8.76. The molecule has 1 amide bonds. The van der Waals surface area contributed by atoms with Gasteiger partial charge in [-0.05, 0) is 46.2 Å². The van der Waals surface area contributed by atoms with E-state index in [4.69, 9.17) is 5.26 Å². The lowest BCUT2D eigenvalue weighted by molar-refractivity contribution is 0.0915. The molecule has 2 N–H and O–H groups in total. The summed E-state index contributed by atoms with van der Waals surface area (Å²) in [5, 5.41) is 17.2. The van der Waals surface area contributed by atoms with Crippen molar-refractivity contribution in [3.63, 3.8) is 0 Å². The van der Waals surface area contributed by atoms with E-state index in [1.807, 2.05) is 26.8 Å². The Morgan fingerprint density at radius 1 is 1.43 bits per heavy atom. The highest BCUT2D eigenvalue weighted by atomic mass is 32.1. The molecular formula is C19H25N7OS. The van der Waals surface area contributed by atoms with Gasteiger partial charge >= 0.3 is 0 Å². The number of likely N-dealkylation sites (tertiary alicyclic amines) is 1. The SMILES string of the molecule is CC(C)(C)NC(=O)c1csc(Nc2nccc([C@@H]3CCCN(CC#N)C3)n2)n1. The average Bonchev–Trinajstić information content (AvgIpc) is 3.10. The monoisotopic (exact) mass is 399 g/mol. The minimum Gasteiger partial charge on any atom is -0.346 e. The molecule has 0 radical (unpaired) electrons. The molecule has 0 unspecified atom stereocenters. The fraction of sp³-hybridized carbons (Fsp3) is 0.526. The quantitative estimate of drug-likeness (QED) is 0.744. The summed E-state index contributed by atoms with van der Waals surface area (Å²) in [5.74, 6) is 0.549. The van der Waals surface area contributed by atoms with E-state index >= 15 is 0 Å². The number of nitrogens with zero attached hydrogens (tertiary/aromatic N) is 5. The highest BCUT2D eigenvalue weighted by Crippen LogP contribution is 2.26. The molecule has 1 aliphatic rings. The topological polar surface area (TPSA) is 107 Å². The first kappa shape index (κ1) is 20.2. The number of hydrogen-bond acceptors (Lipinski definition) is 8. The second-order valence-electron chi connectivity index (χ2n) is 7.90. The molecule has 3 rings (SSSR count). The van der Waals surface area contributed by atoms with Crippen LogP contribution < -0.4 is 10.6 Å². The van der Waals surface area contributed by atoms with Crippen LogP contribution in [0.2, 0.25) is 0 Å². The number of amides is 1. The molecule has 8 nitrogen and oxygen atoms in total. The second kappa shape index (κ2) is 8.63. The Morgan fingerprint density at radius 2 is 2.25 bits per heavy atom. The van der Waals surface area contributed by atoms with Gasteiger partial charge in [0.05, 0.1) is 18.3 Å². The third-order valence-corrected chi connectivity index (χ3v) is 5.10. The van der Waals surface area contributed by atoms with Crippen molar-refractivity contribution in [2.75, 3.05) is 25.0 Å². The first-order valence-electron chi connectivity index (χ1n) is 9.31. The number of carbonyl (C=O) groups is 1. The largest absolute Gasteiger partial charge is 0.346 e. The van der Waals surface area contributed by atoms with Gasteiger partial charge in [0.15, 0.2) is 5.13 Å². The summed E-state index contributed by atoms with van der Waals surface area (Å²) in [6, 6.07) is 4.15. The zero-order chi connectivity index (χ0) is 20.1. The number of nitrogens with one attached hydrogen (secondary N) is 2. The lowest BCUT2D eigenvalue weighted by atomic mass is 9.94. The summed E-state index contributed by atoms with van der Waals surface area (Å²) < 4.78 is 0. The number of nitriles is 1. The van der Waals surface area contributed by atoms with Crippen LogP contribution in [0, 0.1) is 11.3 Å². The third kappa shape index (κ3) is 5.47. The van der Waals surface area contributed by atoms with Crippen LogP contribution in [0.4, 0.5) is 11.1 Å². The molecule has 1 saturated heterocycles. The maximum Gasteiger partial charge on any atom is 0.271 e. The summed E-state index contributed by atoms with van der Waals surface area (Å²) in [7, 11) is 0. The molecule has 2 aromatic heterocycles. The summed E-state index contributed by atoms with van der Waals surface area (Å²) in [4.78, 5) is 27.6. The molecule has 1 atom stereocenters. The Kier molecular flexibility index (Phi) is 6.21. The number of hydrogen-bond donors (Lipinski definition) is 2.